The number of aromatic nitrogens is 3. The monoisotopic (exact) mass is 482 g/mol. The third-order valence-electron chi connectivity index (χ3n) is 7.34. The van der Waals surface area contributed by atoms with E-state index in [1.807, 2.05) is 61.7 Å². The van der Waals surface area contributed by atoms with Crippen molar-refractivity contribution in [3.8, 4) is 16.9 Å². The highest BCUT2D eigenvalue weighted by Gasteiger charge is 2.35. The molecule has 2 saturated carbocycles. The maximum Gasteiger partial charge on any atom is 0.228 e. The molecule has 0 radical (unpaired) electrons. The summed E-state index contributed by atoms with van der Waals surface area (Å²) in [5.41, 5.74) is 3.95. The van der Waals surface area contributed by atoms with Crippen LogP contribution in [0.3, 0.4) is 0 Å². The summed E-state index contributed by atoms with van der Waals surface area (Å²) in [6.45, 7) is 1.97. The van der Waals surface area contributed by atoms with Gasteiger partial charge in [0.05, 0.1) is 23.4 Å². The van der Waals surface area contributed by atoms with E-state index in [1.165, 1.54) is 0 Å². The van der Waals surface area contributed by atoms with E-state index < -0.39 is 5.60 Å². The number of pyridine rings is 2. The molecule has 1 aromatic carbocycles. The highest BCUT2D eigenvalue weighted by Crippen LogP contribution is 2.40. The Hall–Kier alpha value is -3.71. The summed E-state index contributed by atoms with van der Waals surface area (Å²) in [5, 5.41) is 18.6. The molecule has 3 heterocycles. The maximum absolute atomic E-state index is 12.1. The van der Waals surface area contributed by atoms with Crippen LogP contribution in [-0.2, 0) is 10.4 Å². The van der Waals surface area contributed by atoms with E-state index in [1.54, 1.807) is 10.7 Å². The van der Waals surface area contributed by atoms with Gasteiger partial charge in [0.1, 0.15) is 5.75 Å². The molecule has 0 aliphatic heterocycles. The van der Waals surface area contributed by atoms with Gasteiger partial charge in [-0.25, -0.2) is 4.52 Å². The number of fused-ring (bicyclic) bond motifs is 1. The third-order valence-corrected chi connectivity index (χ3v) is 7.34. The fraction of sp³-hybridized carbons (Fsp3) is 0.345. The minimum absolute atomic E-state index is 0.0141. The first kappa shape index (κ1) is 22.7. The molecule has 3 aromatic heterocycles. The topological polar surface area (TPSA) is 88.8 Å². The van der Waals surface area contributed by atoms with Gasteiger partial charge < -0.3 is 15.2 Å². The zero-order chi connectivity index (χ0) is 24.7. The lowest BCUT2D eigenvalue weighted by atomic mass is 9.78. The van der Waals surface area contributed by atoms with E-state index in [4.69, 9.17) is 4.74 Å². The van der Waals surface area contributed by atoms with Crippen molar-refractivity contribution in [2.24, 2.45) is 5.92 Å². The van der Waals surface area contributed by atoms with Crippen LogP contribution in [0, 0.1) is 12.8 Å². The molecular weight excluding hydrogens is 452 g/mol. The average molecular weight is 483 g/mol. The number of carbonyl (C=O) groups excluding carboxylic acids is 1. The number of aliphatic hydroxyl groups is 1. The van der Waals surface area contributed by atoms with Crippen molar-refractivity contribution in [3.63, 3.8) is 0 Å². The molecule has 0 unspecified atom stereocenters. The average Bonchev–Trinajstić information content (AvgIpc) is 3.67. The van der Waals surface area contributed by atoms with Crippen LogP contribution in [0.4, 0.5) is 5.82 Å². The number of ether oxygens (including phenoxy) is 1. The van der Waals surface area contributed by atoms with Crippen molar-refractivity contribution in [1.29, 1.82) is 0 Å². The molecule has 2 N–H and O–H groups in total. The summed E-state index contributed by atoms with van der Waals surface area (Å²) in [6.07, 6.45) is 8.48. The number of hydrogen-bond donors (Lipinski definition) is 2. The largest absolute Gasteiger partial charge is 0.488 e. The lowest BCUT2D eigenvalue weighted by Crippen LogP contribution is -2.35. The van der Waals surface area contributed by atoms with Crippen LogP contribution < -0.4 is 10.1 Å². The van der Waals surface area contributed by atoms with Crippen molar-refractivity contribution in [1.82, 2.24) is 14.6 Å². The van der Waals surface area contributed by atoms with E-state index >= 15 is 0 Å². The number of anilines is 1. The molecular formula is C29H30N4O3. The lowest BCUT2D eigenvalue weighted by molar-refractivity contribution is -0.117. The Morgan fingerprint density at radius 3 is 2.61 bits per heavy atom. The van der Waals surface area contributed by atoms with Crippen LogP contribution in [0.15, 0.2) is 67.0 Å². The van der Waals surface area contributed by atoms with Crippen LogP contribution >= 0.6 is 0 Å². The molecule has 6 rings (SSSR count). The first-order valence-corrected chi connectivity index (χ1v) is 12.7. The number of nitrogens with one attached hydrogen (secondary N) is 1. The third kappa shape index (κ3) is 4.58. The molecule has 4 aromatic rings. The van der Waals surface area contributed by atoms with Crippen LogP contribution in [0.25, 0.3) is 16.6 Å². The van der Waals surface area contributed by atoms with Gasteiger partial charge in [-0.15, -0.1) is 0 Å². The molecule has 36 heavy (non-hydrogen) atoms. The molecule has 2 fully saturated rings. The molecule has 7 heteroatoms. The SMILES string of the molecule is Cc1cc(-c2ccn3nc(NC(=O)C4CC4)cc3c2)c(OC2CCC(O)(c3ccccc3)CC2)cn1. The van der Waals surface area contributed by atoms with E-state index in [2.05, 4.69) is 21.5 Å². The zero-order valence-electron chi connectivity index (χ0n) is 20.4. The number of nitrogens with zero attached hydrogens (tertiary/aromatic N) is 3. The van der Waals surface area contributed by atoms with Gasteiger partial charge in [-0.1, -0.05) is 30.3 Å². The van der Waals surface area contributed by atoms with E-state index in [-0.39, 0.29) is 17.9 Å². The number of hydrogen-bond acceptors (Lipinski definition) is 5. The Morgan fingerprint density at radius 2 is 1.86 bits per heavy atom. The molecule has 0 spiro atoms. The van der Waals surface area contributed by atoms with Crippen molar-refractivity contribution in [2.75, 3.05) is 5.32 Å². The highest BCUT2D eigenvalue weighted by molar-refractivity contribution is 5.93. The van der Waals surface area contributed by atoms with Crippen molar-refractivity contribution >= 4 is 17.2 Å². The smallest absolute Gasteiger partial charge is 0.228 e. The number of amides is 1. The highest BCUT2D eigenvalue weighted by atomic mass is 16.5. The minimum atomic E-state index is -0.796. The Labute approximate surface area is 210 Å². The summed E-state index contributed by atoms with van der Waals surface area (Å²) >= 11 is 0. The molecule has 0 bridgehead atoms. The van der Waals surface area contributed by atoms with Gasteiger partial charge in [0.15, 0.2) is 5.82 Å². The predicted octanol–water partition coefficient (Wildman–Crippen LogP) is 5.26. The molecule has 1 amide bonds. The molecule has 7 nitrogen and oxygen atoms in total. The second-order valence-corrected chi connectivity index (χ2v) is 10.1. The van der Waals surface area contributed by atoms with Crippen LogP contribution in [-0.4, -0.2) is 31.7 Å². The summed E-state index contributed by atoms with van der Waals surface area (Å²) in [6, 6.07) is 17.9. The van der Waals surface area contributed by atoms with Crippen molar-refractivity contribution in [3.05, 3.63) is 78.2 Å². The Bertz CT molecular complexity index is 1400. The normalized spacial score (nSPS) is 21.9. The number of benzene rings is 1. The van der Waals surface area contributed by atoms with Crippen molar-refractivity contribution in [2.45, 2.75) is 57.2 Å². The standard InChI is InChI=1S/C29H30N4O3/c1-19-15-25(21-11-14-33-23(16-21)17-27(32-33)31-28(34)20-7-8-20)26(18-30-19)36-24-9-12-29(35,13-10-24)22-5-3-2-4-6-22/h2-6,11,14-18,20,24,35H,7-10,12-13H2,1H3,(H,31,32,34). The van der Waals surface area contributed by atoms with Gasteiger partial charge in [0.25, 0.3) is 0 Å². The van der Waals surface area contributed by atoms with Gasteiger partial charge in [-0.2, -0.15) is 5.10 Å². The Morgan fingerprint density at radius 1 is 1.08 bits per heavy atom. The Balaban J connectivity index is 1.21. The number of carbonyl (C=O) groups is 1. The van der Waals surface area contributed by atoms with Crippen LogP contribution in [0.1, 0.15) is 49.8 Å². The van der Waals surface area contributed by atoms with Gasteiger partial charge in [-0.3, -0.25) is 9.78 Å². The maximum atomic E-state index is 12.1. The second-order valence-electron chi connectivity index (χ2n) is 10.1. The van der Waals surface area contributed by atoms with Gasteiger partial charge >= 0.3 is 0 Å². The van der Waals surface area contributed by atoms with E-state index in [0.29, 0.717) is 18.7 Å². The van der Waals surface area contributed by atoms with Gasteiger partial charge in [-0.05, 0) is 74.8 Å². The van der Waals surface area contributed by atoms with E-state index in [0.717, 1.165) is 59.3 Å². The quantitative estimate of drug-likeness (QED) is 0.391. The molecule has 2 aliphatic rings. The molecule has 2 aliphatic carbocycles. The summed E-state index contributed by atoms with van der Waals surface area (Å²) < 4.78 is 8.25. The van der Waals surface area contributed by atoms with Gasteiger partial charge in [0.2, 0.25) is 5.91 Å². The summed E-state index contributed by atoms with van der Waals surface area (Å²) in [4.78, 5) is 16.6. The molecule has 0 atom stereocenters. The fourth-order valence-corrected chi connectivity index (χ4v) is 5.07. The zero-order valence-corrected chi connectivity index (χ0v) is 20.4. The number of aryl methyl sites for hydroxylation is 1. The second kappa shape index (κ2) is 9.06. The minimum Gasteiger partial charge on any atom is -0.488 e. The van der Waals surface area contributed by atoms with Crippen LogP contribution in [0.5, 0.6) is 5.75 Å². The van der Waals surface area contributed by atoms with Crippen LogP contribution in [0.2, 0.25) is 0 Å². The fourth-order valence-electron chi connectivity index (χ4n) is 5.07. The number of rotatable bonds is 6. The first-order valence-electron chi connectivity index (χ1n) is 12.7. The molecule has 0 saturated heterocycles. The predicted molar refractivity (Wildman–Crippen MR) is 138 cm³/mol. The van der Waals surface area contributed by atoms with E-state index in [9.17, 15) is 9.90 Å². The summed E-state index contributed by atoms with van der Waals surface area (Å²) in [5.74, 6) is 1.49. The molecule has 184 valence electrons. The first-order chi connectivity index (χ1) is 17.5. The van der Waals surface area contributed by atoms with Crippen molar-refractivity contribution < 1.29 is 14.6 Å². The van der Waals surface area contributed by atoms with Gasteiger partial charge in [0, 0.05) is 29.4 Å². The summed E-state index contributed by atoms with van der Waals surface area (Å²) in [7, 11) is 0. The lowest BCUT2D eigenvalue weighted by Gasteiger charge is -2.36. The Kier molecular flexibility index (Phi) is 5.72.